The molecule has 1 amide bonds. The molecule has 2 rings (SSSR count). The van der Waals surface area contributed by atoms with Crippen LogP contribution in [-0.4, -0.2) is 42.5 Å². The number of amides is 1. The number of likely N-dealkylation sites (tertiary alicyclic amines) is 1. The monoisotopic (exact) mass is 362 g/mol. The average Bonchev–Trinajstić information content (AvgIpc) is 3.03. The van der Waals surface area contributed by atoms with Crippen LogP contribution in [0.15, 0.2) is 24.3 Å². The van der Waals surface area contributed by atoms with E-state index in [9.17, 15) is 9.59 Å². The van der Waals surface area contributed by atoms with E-state index in [1.165, 1.54) is 16.0 Å². The fourth-order valence-electron chi connectivity index (χ4n) is 2.71. The number of nitrogens with one attached hydrogen (secondary N) is 1. The zero-order chi connectivity index (χ0) is 19.7. The summed E-state index contributed by atoms with van der Waals surface area (Å²) in [6.07, 6.45) is 2.06. The predicted octanol–water partition coefficient (Wildman–Crippen LogP) is 4.11. The molecule has 0 bridgehead atoms. The van der Waals surface area contributed by atoms with Gasteiger partial charge in [0.05, 0.1) is 6.04 Å². The number of rotatable bonds is 4. The van der Waals surface area contributed by atoms with Crippen molar-refractivity contribution in [3.05, 3.63) is 35.4 Å². The average molecular weight is 363 g/mol. The summed E-state index contributed by atoms with van der Waals surface area (Å²) in [4.78, 5) is 23.7. The van der Waals surface area contributed by atoms with Gasteiger partial charge < -0.3 is 14.8 Å². The third-order valence-electron chi connectivity index (χ3n) is 4.11. The van der Waals surface area contributed by atoms with Gasteiger partial charge in [-0.15, -0.1) is 0 Å². The Morgan fingerprint density at radius 3 is 2.38 bits per heavy atom. The number of carbonyl (C=O) groups is 2. The maximum atomic E-state index is 11.6. The molecule has 0 spiro atoms. The summed E-state index contributed by atoms with van der Waals surface area (Å²) in [5.41, 5.74) is 2.27. The minimum atomic E-state index is -0.493. The molecule has 1 saturated heterocycles. The third kappa shape index (κ3) is 7.56. The van der Waals surface area contributed by atoms with Crippen molar-refractivity contribution in [1.29, 1.82) is 0 Å². The van der Waals surface area contributed by atoms with Crippen LogP contribution in [-0.2, 0) is 16.1 Å². The minimum absolute atomic E-state index is 0.287. The summed E-state index contributed by atoms with van der Waals surface area (Å²) in [6, 6.07) is 8.50. The summed E-state index contributed by atoms with van der Waals surface area (Å²) >= 11 is 0. The van der Waals surface area contributed by atoms with E-state index in [0.717, 1.165) is 25.7 Å². The molecule has 1 unspecified atom stereocenters. The lowest BCUT2D eigenvalue weighted by Gasteiger charge is -2.26. The van der Waals surface area contributed by atoms with Crippen molar-refractivity contribution < 1.29 is 14.3 Å². The summed E-state index contributed by atoms with van der Waals surface area (Å²) in [5.74, 6) is 0.633. The molecule has 1 aromatic rings. The molecule has 1 aromatic carbocycles. The maximum Gasteiger partial charge on any atom is 0.410 e. The summed E-state index contributed by atoms with van der Waals surface area (Å²) < 4.78 is 5.18. The quantitative estimate of drug-likeness (QED) is 0.819. The fraction of sp³-hybridized carbons (Fsp3) is 0.619. The second-order valence-corrected chi connectivity index (χ2v) is 7.95. The van der Waals surface area contributed by atoms with Crippen LogP contribution in [0, 0.1) is 0 Å². The van der Waals surface area contributed by atoms with Crippen LogP contribution in [0.25, 0.3) is 0 Å². The minimum Gasteiger partial charge on any atom is -0.444 e. The van der Waals surface area contributed by atoms with E-state index in [-0.39, 0.29) is 12.1 Å². The lowest BCUT2D eigenvalue weighted by Crippen LogP contribution is -2.40. The van der Waals surface area contributed by atoms with Gasteiger partial charge in [0.25, 0.3) is 0 Å². The topological polar surface area (TPSA) is 58.6 Å². The number of aldehydes is 1. The number of hydrogen-bond donors (Lipinski definition) is 1. The van der Waals surface area contributed by atoms with Crippen molar-refractivity contribution in [1.82, 2.24) is 10.2 Å². The third-order valence-corrected chi connectivity index (χ3v) is 4.11. The Morgan fingerprint density at radius 2 is 1.92 bits per heavy atom. The lowest BCUT2D eigenvalue weighted by molar-refractivity contribution is -0.111. The van der Waals surface area contributed by atoms with Crippen molar-refractivity contribution in [2.75, 3.05) is 13.6 Å². The molecule has 1 aliphatic heterocycles. The van der Waals surface area contributed by atoms with Crippen molar-refractivity contribution in [3.8, 4) is 0 Å². The first-order valence-corrected chi connectivity index (χ1v) is 9.36. The first-order chi connectivity index (χ1) is 12.2. The van der Waals surface area contributed by atoms with Gasteiger partial charge in [0.2, 0.25) is 0 Å². The van der Waals surface area contributed by atoms with E-state index in [2.05, 4.69) is 43.4 Å². The van der Waals surface area contributed by atoms with Gasteiger partial charge in [0.1, 0.15) is 11.9 Å². The summed E-state index contributed by atoms with van der Waals surface area (Å²) in [5, 5.41) is 3.13. The molecule has 5 nitrogen and oxygen atoms in total. The Labute approximate surface area is 158 Å². The Bertz CT molecular complexity index is 562. The standard InChI is InChI=1S/C11H17N.C10H17NO3/c1-9(2)11-6-4-10(5-7-11)8-12-3;1-10(2,3)14-9(13)11-6-4-5-8(11)7-12/h4-7,9,12H,8H2,1-3H3;7-8H,4-6H2,1-3H3. The smallest absolute Gasteiger partial charge is 0.410 e. The molecule has 1 aliphatic rings. The van der Waals surface area contributed by atoms with Gasteiger partial charge in [0.15, 0.2) is 0 Å². The number of benzene rings is 1. The number of carbonyl (C=O) groups excluding carboxylic acids is 2. The van der Waals surface area contributed by atoms with Crippen LogP contribution in [0.5, 0.6) is 0 Å². The van der Waals surface area contributed by atoms with Gasteiger partial charge in [-0.25, -0.2) is 4.79 Å². The van der Waals surface area contributed by atoms with Crippen molar-refractivity contribution >= 4 is 12.4 Å². The van der Waals surface area contributed by atoms with Crippen LogP contribution < -0.4 is 5.32 Å². The van der Waals surface area contributed by atoms with Crippen LogP contribution in [0.1, 0.15) is 64.5 Å². The maximum absolute atomic E-state index is 11.6. The molecular formula is C21H34N2O3. The van der Waals surface area contributed by atoms with Gasteiger partial charge in [-0.3, -0.25) is 4.90 Å². The molecule has 0 radical (unpaired) electrons. The lowest BCUT2D eigenvalue weighted by atomic mass is 10.0. The Kier molecular flexibility index (Phi) is 8.79. The predicted molar refractivity (Wildman–Crippen MR) is 105 cm³/mol. The van der Waals surface area contributed by atoms with Gasteiger partial charge in [-0.1, -0.05) is 38.1 Å². The molecule has 146 valence electrons. The molecule has 0 aliphatic carbocycles. The largest absolute Gasteiger partial charge is 0.444 e. The molecule has 0 saturated carbocycles. The van der Waals surface area contributed by atoms with Gasteiger partial charge >= 0.3 is 6.09 Å². The van der Waals surface area contributed by atoms with E-state index in [1.54, 1.807) is 0 Å². The normalized spacial score (nSPS) is 16.9. The van der Waals surface area contributed by atoms with E-state index in [0.29, 0.717) is 12.5 Å². The highest BCUT2D eigenvalue weighted by atomic mass is 16.6. The van der Waals surface area contributed by atoms with Gasteiger partial charge in [-0.05, 0) is 57.7 Å². The molecule has 5 heteroatoms. The molecule has 0 aromatic heterocycles. The van der Waals surface area contributed by atoms with Gasteiger partial charge in [-0.2, -0.15) is 0 Å². The molecule has 1 fully saturated rings. The summed E-state index contributed by atoms with van der Waals surface area (Å²) in [6.45, 7) is 11.5. The number of hydrogen-bond acceptors (Lipinski definition) is 4. The van der Waals surface area contributed by atoms with Crippen LogP contribution >= 0.6 is 0 Å². The molecule has 1 N–H and O–H groups in total. The van der Waals surface area contributed by atoms with Crippen LogP contribution in [0.4, 0.5) is 4.79 Å². The Balaban J connectivity index is 0.000000263. The zero-order valence-corrected chi connectivity index (χ0v) is 17.0. The molecule has 1 heterocycles. The highest BCUT2D eigenvalue weighted by Crippen LogP contribution is 2.19. The Morgan fingerprint density at radius 1 is 1.31 bits per heavy atom. The van der Waals surface area contributed by atoms with Crippen molar-refractivity contribution in [2.45, 2.75) is 71.6 Å². The second kappa shape index (κ2) is 10.3. The summed E-state index contributed by atoms with van der Waals surface area (Å²) in [7, 11) is 1.97. The first kappa shape index (κ1) is 22.2. The SMILES string of the molecule is CC(C)(C)OC(=O)N1CCCC1C=O.CNCc1ccc(C(C)C)cc1. The van der Waals surface area contributed by atoms with Crippen molar-refractivity contribution in [2.24, 2.45) is 0 Å². The zero-order valence-electron chi connectivity index (χ0n) is 17.0. The van der Waals surface area contributed by atoms with Crippen LogP contribution in [0.3, 0.4) is 0 Å². The van der Waals surface area contributed by atoms with E-state index in [1.807, 2.05) is 27.8 Å². The Hall–Kier alpha value is -1.88. The molecular weight excluding hydrogens is 328 g/mol. The van der Waals surface area contributed by atoms with E-state index >= 15 is 0 Å². The number of nitrogens with zero attached hydrogens (tertiary/aromatic N) is 1. The molecule has 1 atom stereocenters. The highest BCUT2D eigenvalue weighted by molar-refractivity contribution is 5.74. The number of ether oxygens (including phenoxy) is 1. The second-order valence-electron chi connectivity index (χ2n) is 7.95. The van der Waals surface area contributed by atoms with E-state index < -0.39 is 5.60 Å². The first-order valence-electron chi connectivity index (χ1n) is 9.36. The highest BCUT2D eigenvalue weighted by Gasteiger charge is 2.31. The van der Waals surface area contributed by atoms with Crippen LogP contribution in [0.2, 0.25) is 0 Å². The van der Waals surface area contributed by atoms with E-state index in [4.69, 9.17) is 4.74 Å². The molecule has 26 heavy (non-hydrogen) atoms. The van der Waals surface area contributed by atoms with Crippen molar-refractivity contribution in [3.63, 3.8) is 0 Å². The fourth-order valence-corrected chi connectivity index (χ4v) is 2.71. The van der Waals surface area contributed by atoms with Gasteiger partial charge in [0, 0.05) is 13.1 Å².